The van der Waals surface area contributed by atoms with Gasteiger partial charge in [-0.05, 0) is 62.2 Å². The number of amides is 2. The molecular weight excluding hydrogens is 573 g/mol. The van der Waals surface area contributed by atoms with E-state index < -0.39 is 28.5 Å². The summed E-state index contributed by atoms with van der Waals surface area (Å²) in [6.45, 7) is 5.14. The molecule has 0 spiro atoms. The predicted molar refractivity (Wildman–Crippen MR) is 158 cm³/mol. The first-order valence-corrected chi connectivity index (χ1v) is 15.0. The number of rotatable bonds is 12. The van der Waals surface area contributed by atoms with Gasteiger partial charge in [0.1, 0.15) is 18.3 Å². The standard InChI is InChI=1S/C29H33Cl2N3O5S/c1-5-25(29(36)32-4)33(18-21-13-16-23(30)24(31)17-21)28(35)19-34(26-9-7-8-10-27(26)39-6-2)40(37,38)22-14-11-20(3)12-15-22/h7-17,25H,5-6,18-19H2,1-4H3,(H,32,36)/t25-/m1/s1. The number of nitrogens with zero attached hydrogens (tertiary/aromatic N) is 2. The van der Waals surface area contributed by atoms with Crippen LogP contribution in [-0.2, 0) is 26.2 Å². The molecule has 0 unspecified atom stereocenters. The van der Waals surface area contributed by atoms with Gasteiger partial charge in [0.25, 0.3) is 10.0 Å². The van der Waals surface area contributed by atoms with Crippen molar-refractivity contribution in [3.8, 4) is 5.75 Å². The molecule has 3 aromatic carbocycles. The van der Waals surface area contributed by atoms with E-state index in [0.29, 0.717) is 34.4 Å². The Bertz CT molecular complexity index is 1450. The van der Waals surface area contributed by atoms with Gasteiger partial charge in [-0.1, -0.05) is 66.0 Å². The Kier molecular flexibility index (Phi) is 10.8. The number of benzene rings is 3. The van der Waals surface area contributed by atoms with Crippen LogP contribution in [0.1, 0.15) is 31.4 Å². The molecule has 2 amide bonds. The Labute approximate surface area is 245 Å². The molecule has 3 aromatic rings. The Balaban J connectivity index is 2.12. The van der Waals surface area contributed by atoms with Crippen molar-refractivity contribution in [2.24, 2.45) is 0 Å². The van der Waals surface area contributed by atoms with Crippen LogP contribution in [0.25, 0.3) is 0 Å². The second-order valence-electron chi connectivity index (χ2n) is 9.03. The van der Waals surface area contributed by atoms with Gasteiger partial charge in [0.15, 0.2) is 0 Å². The summed E-state index contributed by atoms with van der Waals surface area (Å²) in [5.74, 6) is -0.648. The third-order valence-electron chi connectivity index (χ3n) is 6.29. The summed E-state index contributed by atoms with van der Waals surface area (Å²) in [5, 5.41) is 3.25. The quantitative estimate of drug-likeness (QED) is 0.296. The van der Waals surface area contributed by atoms with Gasteiger partial charge in [0.2, 0.25) is 11.8 Å². The molecule has 1 N–H and O–H groups in total. The minimum atomic E-state index is -4.22. The molecule has 11 heteroatoms. The number of hydrogen-bond donors (Lipinski definition) is 1. The lowest BCUT2D eigenvalue weighted by Gasteiger charge is -2.33. The van der Waals surface area contributed by atoms with Crippen LogP contribution in [0.2, 0.25) is 10.0 Å². The molecular formula is C29H33Cl2N3O5S. The molecule has 0 radical (unpaired) electrons. The Hall–Kier alpha value is -3.27. The van der Waals surface area contributed by atoms with E-state index in [2.05, 4.69) is 5.32 Å². The van der Waals surface area contributed by atoms with E-state index in [9.17, 15) is 18.0 Å². The average Bonchev–Trinajstić information content (AvgIpc) is 2.94. The highest BCUT2D eigenvalue weighted by atomic mass is 35.5. The maximum Gasteiger partial charge on any atom is 0.264 e. The van der Waals surface area contributed by atoms with Gasteiger partial charge in [-0.2, -0.15) is 0 Å². The minimum absolute atomic E-state index is 0.00712. The normalized spacial score (nSPS) is 11.9. The zero-order valence-corrected chi connectivity index (χ0v) is 25.2. The van der Waals surface area contributed by atoms with Crippen LogP contribution >= 0.6 is 23.2 Å². The van der Waals surface area contributed by atoms with Gasteiger partial charge in [0.05, 0.1) is 27.2 Å². The van der Waals surface area contributed by atoms with Crippen molar-refractivity contribution in [1.29, 1.82) is 0 Å². The van der Waals surface area contributed by atoms with Crippen molar-refractivity contribution in [2.45, 2.75) is 44.7 Å². The van der Waals surface area contributed by atoms with Gasteiger partial charge < -0.3 is 15.0 Å². The van der Waals surface area contributed by atoms with E-state index >= 15 is 0 Å². The summed E-state index contributed by atoms with van der Waals surface area (Å²) in [4.78, 5) is 28.3. The van der Waals surface area contributed by atoms with Gasteiger partial charge in [-0.3, -0.25) is 13.9 Å². The van der Waals surface area contributed by atoms with Crippen molar-refractivity contribution in [2.75, 3.05) is 24.5 Å². The fraction of sp³-hybridized carbons (Fsp3) is 0.310. The van der Waals surface area contributed by atoms with Gasteiger partial charge in [-0.15, -0.1) is 0 Å². The topological polar surface area (TPSA) is 96.0 Å². The van der Waals surface area contributed by atoms with Crippen molar-refractivity contribution >= 4 is 50.7 Å². The van der Waals surface area contributed by atoms with Gasteiger partial charge in [0, 0.05) is 13.6 Å². The highest BCUT2D eigenvalue weighted by molar-refractivity contribution is 7.92. The van der Waals surface area contributed by atoms with E-state index in [1.807, 2.05) is 6.92 Å². The fourth-order valence-electron chi connectivity index (χ4n) is 4.21. The lowest BCUT2D eigenvalue weighted by atomic mass is 10.1. The zero-order chi connectivity index (χ0) is 29.4. The third kappa shape index (κ3) is 7.27. The Morgan fingerprint density at radius 3 is 2.25 bits per heavy atom. The summed E-state index contributed by atoms with van der Waals surface area (Å²) in [5.41, 5.74) is 1.73. The number of hydrogen-bond acceptors (Lipinski definition) is 5. The first-order valence-electron chi connectivity index (χ1n) is 12.8. The first kappa shape index (κ1) is 31.3. The van der Waals surface area contributed by atoms with E-state index in [0.717, 1.165) is 9.87 Å². The SMILES string of the molecule is CCOc1ccccc1N(CC(=O)N(Cc1ccc(Cl)c(Cl)c1)[C@H](CC)C(=O)NC)S(=O)(=O)c1ccc(C)cc1. The number of anilines is 1. The summed E-state index contributed by atoms with van der Waals surface area (Å²) < 4.78 is 34.8. The Morgan fingerprint density at radius 1 is 0.975 bits per heavy atom. The largest absolute Gasteiger partial charge is 0.492 e. The number of halogens is 2. The summed E-state index contributed by atoms with van der Waals surface area (Å²) in [6, 6.07) is 17.1. The molecule has 0 aliphatic carbocycles. The van der Waals surface area contributed by atoms with E-state index in [1.54, 1.807) is 68.4 Å². The smallest absolute Gasteiger partial charge is 0.264 e. The molecule has 214 valence electrons. The molecule has 0 heterocycles. The second kappa shape index (κ2) is 13.9. The molecule has 40 heavy (non-hydrogen) atoms. The molecule has 0 aliphatic rings. The third-order valence-corrected chi connectivity index (χ3v) is 8.80. The average molecular weight is 607 g/mol. The first-order chi connectivity index (χ1) is 19.0. The van der Waals surface area contributed by atoms with E-state index in [4.69, 9.17) is 27.9 Å². The maximum absolute atomic E-state index is 14.0. The van der Waals surface area contributed by atoms with Crippen molar-refractivity contribution in [1.82, 2.24) is 10.2 Å². The molecule has 0 bridgehead atoms. The maximum atomic E-state index is 14.0. The van der Waals surface area contributed by atoms with Crippen LogP contribution < -0.4 is 14.4 Å². The van der Waals surface area contributed by atoms with E-state index in [1.165, 1.54) is 24.1 Å². The van der Waals surface area contributed by atoms with E-state index in [-0.39, 0.29) is 23.0 Å². The van der Waals surface area contributed by atoms with Crippen LogP contribution in [0.4, 0.5) is 5.69 Å². The molecule has 0 fully saturated rings. The number of likely N-dealkylation sites (N-methyl/N-ethyl adjacent to an activating group) is 1. The molecule has 0 saturated heterocycles. The molecule has 1 atom stereocenters. The number of ether oxygens (including phenoxy) is 1. The van der Waals surface area contributed by atoms with Crippen LogP contribution in [0.5, 0.6) is 5.75 Å². The summed E-state index contributed by atoms with van der Waals surface area (Å²) in [6.07, 6.45) is 0.299. The minimum Gasteiger partial charge on any atom is -0.492 e. The Morgan fingerprint density at radius 2 is 1.65 bits per heavy atom. The van der Waals surface area contributed by atoms with Crippen molar-refractivity contribution in [3.05, 3.63) is 87.9 Å². The number of carbonyl (C=O) groups excluding carboxylic acids is 2. The number of carbonyl (C=O) groups is 2. The van der Waals surface area contributed by atoms with Gasteiger partial charge in [-0.25, -0.2) is 8.42 Å². The van der Waals surface area contributed by atoms with Crippen molar-refractivity contribution < 1.29 is 22.7 Å². The molecule has 0 saturated carbocycles. The van der Waals surface area contributed by atoms with Crippen LogP contribution in [0.15, 0.2) is 71.6 Å². The highest BCUT2D eigenvalue weighted by Gasteiger charge is 2.34. The van der Waals surface area contributed by atoms with Crippen molar-refractivity contribution in [3.63, 3.8) is 0 Å². The van der Waals surface area contributed by atoms with Crippen LogP contribution in [0, 0.1) is 6.92 Å². The predicted octanol–water partition coefficient (Wildman–Crippen LogP) is 5.45. The highest BCUT2D eigenvalue weighted by Crippen LogP contribution is 2.33. The van der Waals surface area contributed by atoms with Crippen LogP contribution in [0.3, 0.4) is 0 Å². The number of para-hydroxylation sites is 2. The monoisotopic (exact) mass is 605 g/mol. The molecule has 3 rings (SSSR count). The molecule has 0 aromatic heterocycles. The number of aryl methyl sites for hydroxylation is 1. The number of nitrogens with one attached hydrogen (secondary N) is 1. The lowest BCUT2D eigenvalue weighted by molar-refractivity contribution is -0.140. The second-order valence-corrected chi connectivity index (χ2v) is 11.7. The summed E-state index contributed by atoms with van der Waals surface area (Å²) in [7, 11) is -2.73. The van der Waals surface area contributed by atoms with Gasteiger partial charge >= 0.3 is 0 Å². The zero-order valence-electron chi connectivity index (χ0n) is 22.9. The fourth-order valence-corrected chi connectivity index (χ4v) is 5.96. The van der Waals surface area contributed by atoms with Crippen LogP contribution in [-0.4, -0.2) is 51.4 Å². The molecule has 8 nitrogen and oxygen atoms in total. The number of sulfonamides is 1. The molecule has 0 aliphatic heterocycles. The summed E-state index contributed by atoms with van der Waals surface area (Å²) >= 11 is 12.3. The lowest BCUT2D eigenvalue weighted by Crippen LogP contribution is -2.51.